The Labute approximate surface area is 139 Å². The van der Waals surface area contributed by atoms with Gasteiger partial charge in [-0.25, -0.2) is 4.98 Å². The molecule has 0 radical (unpaired) electrons. The molecule has 3 rings (SSSR count). The smallest absolute Gasteiger partial charge is 0.140 e. The fourth-order valence-electron chi connectivity index (χ4n) is 2.36. The third-order valence-electron chi connectivity index (χ3n) is 3.45. The van der Waals surface area contributed by atoms with Gasteiger partial charge in [0.25, 0.3) is 0 Å². The van der Waals surface area contributed by atoms with Crippen LogP contribution in [-0.2, 0) is 13.1 Å². The first-order valence-corrected chi connectivity index (χ1v) is 7.67. The summed E-state index contributed by atoms with van der Waals surface area (Å²) in [5.74, 6) is 0.840. The molecule has 2 N–H and O–H groups in total. The molecule has 112 valence electrons. The molecule has 3 aromatic rings. The minimum atomic E-state index is 0.553. The summed E-state index contributed by atoms with van der Waals surface area (Å²) >= 11 is 12.2. The predicted molar refractivity (Wildman–Crippen MR) is 91.1 cm³/mol. The van der Waals surface area contributed by atoms with Crippen molar-refractivity contribution in [1.82, 2.24) is 9.55 Å². The lowest BCUT2D eigenvalue weighted by Crippen LogP contribution is -2.02. The molecule has 0 saturated carbocycles. The Bertz CT molecular complexity index is 759. The van der Waals surface area contributed by atoms with Crippen molar-refractivity contribution in [3.8, 4) is 11.4 Å². The van der Waals surface area contributed by atoms with Crippen LogP contribution < -0.4 is 5.73 Å². The zero-order valence-electron chi connectivity index (χ0n) is 11.8. The van der Waals surface area contributed by atoms with E-state index in [4.69, 9.17) is 28.9 Å². The third-order valence-corrected chi connectivity index (χ3v) is 3.88. The second-order valence-electron chi connectivity index (χ2n) is 5.06. The van der Waals surface area contributed by atoms with E-state index in [-0.39, 0.29) is 0 Å². The molecule has 5 heteroatoms. The van der Waals surface area contributed by atoms with Gasteiger partial charge in [0.15, 0.2) is 0 Å². The van der Waals surface area contributed by atoms with Gasteiger partial charge in [0.1, 0.15) is 5.82 Å². The zero-order valence-corrected chi connectivity index (χ0v) is 13.3. The van der Waals surface area contributed by atoms with Gasteiger partial charge in [0.05, 0.1) is 0 Å². The van der Waals surface area contributed by atoms with Crippen LogP contribution in [0.1, 0.15) is 11.1 Å². The number of nitrogens with two attached hydrogens (primary N) is 1. The standard InChI is InChI=1S/C17H15Cl2N3/c18-15-7-14(8-16(19)9-15)17-21-5-6-22(17)11-13-3-1-12(10-20)2-4-13/h1-9H,10-11,20H2. The lowest BCUT2D eigenvalue weighted by atomic mass is 10.1. The van der Waals surface area contributed by atoms with Crippen LogP contribution in [0.4, 0.5) is 0 Å². The number of rotatable bonds is 4. The highest BCUT2D eigenvalue weighted by molar-refractivity contribution is 6.35. The number of benzene rings is 2. The zero-order chi connectivity index (χ0) is 15.5. The quantitative estimate of drug-likeness (QED) is 0.771. The summed E-state index contributed by atoms with van der Waals surface area (Å²) in [5, 5.41) is 1.20. The van der Waals surface area contributed by atoms with E-state index in [1.54, 1.807) is 12.3 Å². The Morgan fingerprint density at radius 2 is 1.59 bits per heavy atom. The van der Waals surface area contributed by atoms with Crippen LogP contribution in [0.15, 0.2) is 54.9 Å². The minimum absolute atomic E-state index is 0.553. The van der Waals surface area contributed by atoms with Crippen molar-refractivity contribution < 1.29 is 0 Å². The summed E-state index contributed by atoms with van der Waals surface area (Å²) in [6.45, 7) is 1.28. The molecule has 0 aliphatic carbocycles. The van der Waals surface area contributed by atoms with Crippen LogP contribution in [0, 0.1) is 0 Å². The number of aromatic nitrogens is 2. The average molecular weight is 332 g/mol. The van der Waals surface area contributed by atoms with E-state index < -0.39 is 0 Å². The molecule has 0 aliphatic heterocycles. The van der Waals surface area contributed by atoms with Crippen LogP contribution in [-0.4, -0.2) is 9.55 Å². The molecule has 0 spiro atoms. The summed E-state index contributed by atoms with van der Waals surface area (Å²) < 4.78 is 2.07. The molecule has 1 aromatic heterocycles. The number of imidazole rings is 1. The molecule has 0 amide bonds. The van der Waals surface area contributed by atoms with Gasteiger partial charge < -0.3 is 10.3 Å². The predicted octanol–water partition coefficient (Wildman–Crippen LogP) is 4.36. The summed E-state index contributed by atoms with van der Waals surface area (Å²) in [5.41, 5.74) is 8.83. The Kier molecular flexibility index (Phi) is 4.48. The Hall–Kier alpha value is -1.81. The lowest BCUT2D eigenvalue weighted by Gasteiger charge is -2.09. The Balaban J connectivity index is 1.91. The van der Waals surface area contributed by atoms with Gasteiger partial charge in [-0.15, -0.1) is 0 Å². The molecule has 22 heavy (non-hydrogen) atoms. The van der Waals surface area contributed by atoms with Crippen molar-refractivity contribution in [2.45, 2.75) is 13.1 Å². The van der Waals surface area contributed by atoms with E-state index in [0.29, 0.717) is 16.6 Å². The van der Waals surface area contributed by atoms with Crippen molar-refractivity contribution in [3.63, 3.8) is 0 Å². The van der Waals surface area contributed by atoms with Crippen molar-refractivity contribution >= 4 is 23.2 Å². The topological polar surface area (TPSA) is 43.8 Å². The maximum absolute atomic E-state index is 6.08. The molecular weight excluding hydrogens is 317 g/mol. The van der Waals surface area contributed by atoms with Gasteiger partial charge in [-0.3, -0.25) is 0 Å². The molecule has 3 nitrogen and oxygen atoms in total. The van der Waals surface area contributed by atoms with E-state index in [1.165, 1.54) is 5.56 Å². The largest absolute Gasteiger partial charge is 0.327 e. The summed E-state index contributed by atoms with van der Waals surface area (Å²) in [7, 11) is 0. The molecule has 2 aromatic carbocycles. The van der Waals surface area contributed by atoms with Gasteiger partial charge >= 0.3 is 0 Å². The Morgan fingerprint density at radius 3 is 2.23 bits per heavy atom. The van der Waals surface area contributed by atoms with Crippen LogP contribution in [0.2, 0.25) is 10.0 Å². The number of nitrogens with zero attached hydrogens (tertiary/aromatic N) is 2. The maximum atomic E-state index is 6.08. The molecule has 0 bridgehead atoms. The molecule has 0 aliphatic rings. The fraction of sp³-hybridized carbons (Fsp3) is 0.118. The molecule has 0 saturated heterocycles. The van der Waals surface area contributed by atoms with E-state index in [0.717, 1.165) is 23.5 Å². The first-order valence-electron chi connectivity index (χ1n) is 6.91. The van der Waals surface area contributed by atoms with Gasteiger partial charge in [0, 0.05) is 41.1 Å². The van der Waals surface area contributed by atoms with E-state index in [1.807, 2.05) is 30.5 Å². The molecular formula is C17H15Cl2N3. The van der Waals surface area contributed by atoms with Crippen molar-refractivity contribution in [3.05, 3.63) is 76.0 Å². The summed E-state index contributed by atoms with van der Waals surface area (Å²) in [6, 6.07) is 13.7. The van der Waals surface area contributed by atoms with E-state index in [9.17, 15) is 0 Å². The third kappa shape index (κ3) is 3.33. The van der Waals surface area contributed by atoms with Crippen LogP contribution in [0.3, 0.4) is 0 Å². The summed E-state index contributed by atoms with van der Waals surface area (Å²) in [4.78, 5) is 4.42. The van der Waals surface area contributed by atoms with E-state index >= 15 is 0 Å². The van der Waals surface area contributed by atoms with Crippen molar-refractivity contribution in [1.29, 1.82) is 0 Å². The number of hydrogen-bond donors (Lipinski definition) is 1. The van der Waals surface area contributed by atoms with Crippen LogP contribution in [0.25, 0.3) is 11.4 Å². The maximum Gasteiger partial charge on any atom is 0.140 e. The van der Waals surface area contributed by atoms with E-state index in [2.05, 4.69) is 21.7 Å². The first kappa shape index (κ1) is 15.1. The molecule has 0 fully saturated rings. The number of halogens is 2. The second-order valence-corrected chi connectivity index (χ2v) is 5.93. The molecule has 0 unspecified atom stereocenters. The van der Waals surface area contributed by atoms with Crippen LogP contribution in [0.5, 0.6) is 0 Å². The second kappa shape index (κ2) is 6.53. The van der Waals surface area contributed by atoms with Crippen molar-refractivity contribution in [2.24, 2.45) is 5.73 Å². The molecule has 0 atom stereocenters. The average Bonchev–Trinajstić information content (AvgIpc) is 2.95. The SMILES string of the molecule is NCc1ccc(Cn2ccnc2-c2cc(Cl)cc(Cl)c2)cc1. The highest BCUT2D eigenvalue weighted by atomic mass is 35.5. The minimum Gasteiger partial charge on any atom is -0.327 e. The van der Waals surface area contributed by atoms with Gasteiger partial charge in [-0.05, 0) is 29.3 Å². The molecule has 1 heterocycles. The highest BCUT2D eigenvalue weighted by Crippen LogP contribution is 2.26. The van der Waals surface area contributed by atoms with Crippen molar-refractivity contribution in [2.75, 3.05) is 0 Å². The van der Waals surface area contributed by atoms with Gasteiger partial charge in [-0.1, -0.05) is 47.5 Å². The first-order chi connectivity index (χ1) is 10.7. The highest BCUT2D eigenvalue weighted by Gasteiger charge is 2.08. The lowest BCUT2D eigenvalue weighted by molar-refractivity contribution is 0.806. The monoisotopic (exact) mass is 331 g/mol. The Morgan fingerprint density at radius 1 is 0.955 bits per heavy atom. The van der Waals surface area contributed by atoms with Gasteiger partial charge in [0.2, 0.25) is 0 Å². The number of hydrogen-bond acceptors (Lipinski definition) is 2. The fourth-order valence-corrected chi connectivity index (χ4v) is 2.88. The van der Waals surface area contributed by atoms with Crippen LogP contribution >= 0.6 is 23.2 Å². The summed E-state index contributed by atoms with van der Waals surface area (Å²) in [6.07, 6.45) is 3.72. The van der Waals surface area contributed by atoms with Gasteiger partial charge in [-0.2, -0.15) is 0 Å². The normalized spacial score (nSPS) is 10.9.